The molecule has 0 aliphatic carbocycles. The molecule has 4 rings (SSSR count). The Morgan fingerprint density at radius 1 is 1.18 bits per heavy atom. The van der Waals surface area contributed by atoms with Gasteiger partial charge in [-0.05, 0) is 45.8 Å². The molecule has 1 N–H and O–H groups in total. The van der Waals surface area contributed by atoms with Crippen LogP contribution >= 0.6 is 11.3 Å². The summed E-state index contributed by atoms with van der Waals surface area (Å²) in [5.41, 5.74) is 1.27. The van der Waals surface area contributed by atoms with E-state index in [9.17, 15) is 18.4 Å². The standard InChI is InChI=1S/C23H24F2N4O3S/c1-13-11-29-12-15(9-17(25)20(29)26-13)27-21(30)19-16(24)10-18(33-19)14-5-7-28(8-6-14)22(31)32-23(2,3)4/h5,9-12H,6-8H2,1-4H3,(H,27,30). The predicted octanol–water partition coefficient (Wildman–Crippen LogP) is 5.26. The Kier molecular flexibility index (Phi) is 5.96. The van der Waals surface area contributed by atoms with E-state index in [4.69, 9.17) is 4.74 Å². The van der Waals surface area contributed by atoms with Gasteiger partial charge in [-0.3, -0.25) is 4.79 Å². The van der Waals surface area contributed by atoms with Gasteiger partial charge in [0.05, 0.1) is 11.4 Å². The molecule has 1 aliphatic heterocycles. The van der Waals surface area contributed by atoms with Crippen LogP contribution in [0.4, 0.5) is 19.3 Å². The van der Waals surface area contributed by atoms with E-state index in [1.54, 1.807) is 38.8 Å². The van der Waals surface area contributed by atoms with Gasteiger partial charge in [0.2, 0.25) is 0 Å². The van der Waals surface area contributed by atoms with Crippen molar-refractivity contribution in [2.45, 2.75) is 39.7 Å². The third-order valence-corrected chi connectivity index (χ3v) is 6.14. The van der Waals surface area contributed by atoms with E-state index < -0.39 is 29.2 Å². The Morgan fingerprint density at radius 3 is 2.61 bits per heavy atom. The molecule has 1 aliphatic rings. The van der Waals surface area contributed by atoms with Gasteiger partial charge in [0.25, 0.3) is 5.91 Å². The maximum atomic E-state index is 14.6. The molecule has 0 saturated carbocycles. The number of aryl methyl sites for hydroxylation is 1. The molecule has 33 heavy (non-hydrogen) atoms. The number of fused-ring (bicyclic) bond motifs is 1. The Labute approximate surface area is 193 Å². The number of amides is 2. The van der Waals surface area contributed by atoms with Crippen molar-refractivity contribution in [1.29, 1.82) is 0 Å². The van der Waals surface area contributed by atoms with Crippen molar-refractivity contribution < 1.29 is 23.1 Å². The minimum absolute atomic E-state index is 0.0946. The highest BCUT2D eigenvalue weighted by Gasteiger charge is 2.25. The highest BCUT2D eigenvalue weighted by molar-refractivity contribution is 7.15. The molecule has 0 bridgehead atoms. The number of carbonyl (C=O) groups is 2. The van der Waals surface area contributed by atoms with Crippen LogP contribution in [0.3, 0.4) is 0 Å². The quantitative estimate of drug-likeness (QED) is 0.562. The maximum Gasteiger partial charge on any atom is 0.410 e. The van der Waals surface area contributed by atoms with Gasteiger partial charge < -0.3 is 19.4 Å². The molecule has 0 atom stereocenters. The predicted molar refractivity (Wildman–Crippen MR) is 123 cm³/mol. The number of hydrogen-bond donors (Lipinski definition) is 1. The second-order valence-electron chi connectivity index (χ2n) is 8.84. The first-order chi connectivity index (χ1) is 15.5. The summed E-state index contributed by atoms with van der Waals surface area (Å²) in [5, 5.41) is 2.56. The van der Waals surface area contributed by atoms with Crippen molar-refractivity contribution in [3.8, 4) is 0 Å². The number of nitrogens with one attached hydrogen (secondary N) is 1. The molecular weight excluding hydrogens is 450 g/mol. The Hall–Kier alpha value is -3.27. The summed E-state index contributed by atoms with van der Waals surface area (Å²) in [4.78, 5) is 31.1. The minimum atomic E-state index is -0.661. The smallest absolute Gasteiger partial charge is 0.410 e. The van der Waals surface area contributed by atoms with Crippen LogP contribution < -0.4 is 5.32 Å². The van der Waals surface area contributed by atoms with Gasteiger partial charge >= 0.3 is 6.09 Å². The van der Waals surface area contributed by atoms with Crippen LogP contribution in [0, 0.1) is 18.6 Å². The molecule has 3 aromatic rings. The first-order valence-electron chi connectivity index (χ1n) is 10.4. The lowest BCUT2D eigenvalue weighted by Gasteiger charge is -2.29. The molecule has 4 heterocycles. The summed E-state index contributed by atoms with van der Waals surface area (Å²) in [7, 11) is 0. The lowest BCUT2D eigenvalue weighted by molar-refractivity contribution is 0.0270. The van der Waals surface area contributed by atoms with Crippen LogP contribution in [0.5, 0.6) is 0 Å². The number of rotatable bonds is 3. The largest absolute Gasteiger partial charge is 0.444 e. The van der Waals surface area contributed by atoms with Crippen LogP contribution in [0.1, 0.15) is 47.4 Å². The molecule has 7 nitrogen and oxygen atoms in total. The van der Waals surface area contributed by atoms with Crippen molar-refractivity contribution in [3.63, 3.8) is 0 Å². The fourth-order valence-corrected chi connectivity index (χ4v) is 4.50. The molecule has 0 unspecified atom stereocenters. The van der Waals surface area contributed by atoms with E-state index in [-0.39, 0.29) is 16.2 Å². The van der Waals surface area contributed by atoms with E-state index in [1.165, 1.54) is 16.7 Å². The normalized spacial score (nSPS) is 14.4. The van der Waals surface area contributed by atoms with E-state index in [0.717, 1.165) is 23.0 Å². The molecule has 3 aromatic heterocycles. The second kappa shape index (κ2) is 8.58. The number of nitrogens with zero attached hydrogens (tertiary/aromatic N) is 3. The molecule has 10 heteroatoms. The van der Waals surface area contributed by atoms with Crippen molar-refractivity contribution in [2.75, 3.05) is 18.4 Å². The Morgan fingerprint density at radius 2 is 1.94 bits per heavy atom. The molecule has 174 valence electrons. The van der Waals surface area contributed by atoms with E-state index in [1.807, 2.05) is 6.08 Å². The molecular formula is C23H24F2N4O3S. The Bertz CT molecular complexity index is 1270. The van der Waals surface area contributed by atoms with Gasteiger partial charge in [-0.25, -0.2) is 18.6 Å². The molecule has 0 aromatic carbocycles. The zero-order chi connectivity index (χ0) is 23.9. The van der Waals surface area contributed by atoms with Gasteiger partial charge in [0, 0.05) is 36.4 Å². The van der Waals surface area contributed by atoms with E-state index in [2.05, 4.69) is 10.3 Å². The third kappa shape index (κ3) is 5.05. The average molecular weight is 475 g/mol. The fraction of sp³-hybridized carbons (Fsp3) is 0.348. The second-order valence-corrected chi connectivity index (χ2v) is 9.89. The monoisotopic (exact) mass is 474 g/mol. The highest BCUT2D eigenvalue weighted by atomic mass is 32.1. The van der Waals surface area contributed by atoms with Gasteiger partial charge in [-0.15, -0.1) is 11.3 Å². The number of hydrogen-bond acceptors (Lipinski definition) is 5. The topological polar surface area (TPSA) is 75.9 Å². The van der Waals surface area contributed by atoms with Crippen molar-refractivity contribution >= 4 is 40.2 Å². The van der Waals surface area contributed by atoms with Crippen LogP contribution in [0.15, 0.2) is 30.6 Å². The van der Waals surface area contributed by atoms with Crippen molar-refractivity contribution in [1.82, 2.24) is 14.3 Å². The summed E-state index contributed by atoms with van der Waals surface area (Å²) in [6.07, 6.45) is 5.12. The SMILES string of the molecule is Cc1cn2cc(NC(=O)c3sc(C4=CCN(C(=O)OC(C)(C)C)CC4)cc3F)cc(F)c2n1. The van der Waals surface area contributed by atoms with Crippen molar-refractivity contribution in [2.24, 2.45) is 0 Å². The highest BCUT2D eigenvalue weighted by Crippen LogP contribution is 2.32. The first kappa shape index (κ1) is 22.9. The molecule has 0 spiro atoms. The summed E-state index contributed by atoms with van der Waals surface area (Å²) < 4.78 is 35.7. The molecule has 0 saturated heterocycles. The van der Waals surface area contributed by atoms with E-state index >= 15 is 0 Å². The van der Waals surface area contributed by atoms with Gasteiger partial charge in [0.15, 0.2) is 11.5 Å². The van der Waals surface area contributed by atoms with Crippen LogP contribution in [0.2, 0.25) is 0 Å². The van der Waals surface area contributed by atoms with Crippen LogP contribution in [-0.2, 0) is 4.74 Å². The van der Waals surface area contributed by atoms with Crippen LogP contribution in [-0.4, -0.2) is 45.0 Å². The fourth-order valence-electron chi connectivity index (χ4n) is 3.50. The number of ether oxygens (including phenoxy) is 1. The molecule has 2 amide bonds. The number of anilines is 1. The van der Waals surface area contributed by atoms with Crippen LogP contribution in [0.25, 0.3) is 11.2 Å². The van der Waals surface area contributed by atoms with Gasteiger partial charge in [-0.1, -0.05) is 6.08 Å². The zero-order valence-electron chi connectivity index (χ0n) is 18.7. The maximum absolute atomic E-state index is 14.6. The average Bonchev–Trinajstić information content (AvgIpc) is 3.29. The molecule has 0 radical (unpaired) electrons. The van der Waals surface area contributed by atoms with Gasteiger partial charge in [-0.2, -0.15) is 0 Å². The lowest BCUT2D eigenvalue weighted by atomic mass is 10.1. The number of aromatic nitrogens is 2. The number of carbonyl (C=O) groups excluding carboxylic acids is 2. The number of imidazole rings is 1. The van der Waals surface area contributed by atoms with Crippen molar-refractivity contribution in [3.05, 3.63) is 57.7 Å². The number of thiophene rings is 1. The third-order valence-electron chi connectivity index (χ3n) is 4.95. The summed E-state index contributed by atoms with van der Waals surface area (Å²) >= 11 is 1.02. The first-order valence-corrected chi connectivity index (χ1v) is 11.2. The Balaban J connectivity index is 1.47. The van der Waals surface area contributed by atoms with Gasteiger partial charge in [0.1, 0.15) is 16.3 Å². The lowest BCUT2D eigenvalue weighted by Crippen LogP contribution is -2.39. The summed E-state index contributed by atoms with van der Waals surface area (Å²) in [6.45, 7) is 7.93. The zero-order valence-corrected chi connectivity index (χ0v) is 19.6. The molecule has 0 fully saturated rings. The number of halogens is 2. The summed E-state index contributed by atoms with van der Waals surface area (Å²) in [6, 6.07) is 2.47. The summed E-state index contributed by atoms with van der Waals surface area (Å²) in [5.74, 6) is -1.90. The minimum Gasteiger partial charge on any atom is -0.444 e. The number of pyridine rings is 1. The van der Waals surface area contributed by atoms with E-state index in [0.29, 0.717) is 30.1 Å².